The van der Waals surface area contributed by atoms with E-state index in [0.717, 1.165) is 25.5 Å². The Hall–Kier alpha value is -1.11. The maximum absolute atomic E-state index is 12.4. The molecule has 1 aromatic rings. The highest BCUT2D eigenvalue weighted by Gasteiger charge is 2.29. The lowest BCUT2D eigenvalue weighted by Crippen LogP contribution is -2.37. The Morgan fingerprint density at radius 1 is 1.41 bits per heavy atom. The fraction of sp³-hybridized carbons (Fsp3) is 0.533. The van der Waals surface area contributed by atoms with Crippen LogP contribution in [0.4, 0.5) is 0 Å². The number of carbonyl (C=O) groups is 1. The summed E-state index contributed by atoms with van der Waals surface area (Å²) in [6.45, 7) is 0.0986. The zero-order valence-corrected chi connectivity index (χ0v) is 14.0. The molecule has 0 aliphatic heterocycles. The molecule has 1 amide bonds. The van der Waals surface area contributed by atoms with Gasteiger partial charge in [-0.1, -0.05) is 18.0 Å². The molecule has 22 heavy (non-hydrogen) atoms. The fourth-order valence-corrected chi connectivity index (χ4v) is 3.74. The number of benzene rings is 1. The number of carbonyl (C=O) groups excluding carboxylic acids is 1. The minimum absolute atomic E-state index is 0.00222. The average molecular weight is 346 g/mol. The lowest BCUT2D eigenvalue weighted by molar-refractivity contribution is 0.0923. The highest BCUT2D eigenvalue weighted by molar-refractivity contribution is 7.90. The summed E-state index contributed by atoms with van der Waals surface area (Å²) in [7, 11) is -3.39. The molecule has 0 saturated heterocycles. The van der Waals surface area contributed by atoms with E-state index in [1.165, 1.54) is 18.2 Å². The minimum atomic E-state index is -3.39. The Labute approximate surface area is 135 Å². The zero-order valence-electron chi connectivity index (χ0n) is 12.4. The van der Waals surface area contributed by atoms with Crippen LogP contribution in [-0.4, -0.2) is 38.3 Å². The van der Waals surface area contributed by atoms with Gasteiger partial charge in [0.1, 0.15) is 0 Å². The molecule has 1 aliphatic rings. The van der Waals surface area contributed by atoms with Crippen LogP contribution >= 0.6 is 11.6 Å². The van der Waals surface area contributed by atoms with Crippen LogP contribution in [-0.2, 0) is 9.84 Å². The first kappa shape index (κ1) is 17.2. The van der Waals surface area contributed by atoms with Crippen molar-refractivity contribution in [1.82, 2.24) is 5.32 Å². The molecule has 0 bridgehead atoms. The normalized spacial score (nSPS) is 21.8. The molecule has 1 saturated carbocycles. The molecule has 0 heterocycles. The van der Waals surface area contributed by atoms with E-state index in [1.807, 2.05) is 0 Å². The van der Waals surface area contributed by atoms with E-state index in [1.54, 1.807) is 0 Å². The van der Waals surface area contributed by atoms with Crippen molar-refractivity contribution in [2.45, 2.75) is 36.6 Å². The van der Waals surface area contributed by atoms with Crippen LogP contribution in [0.15, 0.2) is 23.1 Å². The molecule has 7 heteroatoms. The number of rotatable bonds is 5. The Bertz CT molecular complexity index is 660. The molecule has 1 aliphatic carbocycles. The Morgan fingerprint density at radius 2 is 2.14 bits per heavy atom. The first-order valence-electron chi connectivity index (χ1n) is 7.24. The molecule has 1 aromatic carbocycles. The van der Waals surface area contributed by atoms with Crippen molar-refractivity contribution >= 4 is 27.3 Å². The maximum atomic E-state index is 12.4. The van der Waals surface area contributed by atoms with Gasteiger partial charge in [-0.25, -0.2) is 8.42 Å². The third kappa shape index (κ3) is 4.00. The van der Waals surface area contributed by atoms with Gasteiger partial charge >= 0.3 is 0 Å². The van der Waals surface area contributed by atoms with E-state index in [-0.39, 0.29) is 40.0 Å². The third-order valence-electron chi connectivity index (χ3n) is 4.09. The van der Waals surface area contributed by atoms with Crippen LogP contribution in [0.25, 0.3) is 0 Å². The van der Waals surface area contributed by atoms with Gasteiger partial charge in [-0.05, 0) is 43.4 Å². The molecule has 2 rings (SSSR count). The van der Waals surface area contributed by atoms with Crippen molar-refractivity contribution in [3.8, 4) is 0 Å². The summed E-state index contributed by atoms with van der Waals surface area (Å²) in [5.41, 5.74) is 0.166. The van der Waals surface area contributed by atoms with Gasteiger partial charge in [0.25, 0.3) is 5.91 Å². The van der Waals surface area contributed by atoms with E-state index in [4.69, 9.17) is 16.7 Å². The van der Waals surface area contributed by atoms with Crippen molar-refractivity contribution in [3.63, 3.8) is 0 Å². The molecule has 0 unspecified atom stereocenters. The molecule has 0 radical (unpaired) electrons. The van der Waals surface area contributed by atoms with E-state index in [2.05, 4.69) is 5.32 Å². The molecule has 0 spiro atoms. The van der Waals surface area contributed by atoms with Crippen LogP contribution in [0.2, 0.25) is 5.02 Å². The first-order chi connectivity index (χ1) is 10.3. The summed E-state index contributed by atoms with van der Waals surface area (Å²) in [5.74, 6) is -0.115. The predicted octanol–water partition coefficient (Wildman–Crippen LogP) is 2.02. The van der Waals surface area contributed by atoms with Crippen molar-refractivity contribution in [2.24, 2.45) is 5.92 Å². The summed E-state index contributed by atoms with van der Waals surface area (Å²) in [6, 6.07) is 4.12. The second-order valence-corrected chi connectivity index (χ2v) is 8.12. The van der Waals surface area contributed by atoms with Crippen molar-refractivity contribution < 1.29 is 18.3 Å². The largest absolute Gasteiger partial charge is 0.396 e. The summed E-state index contributed by atoms with van der Waals surface area (Å²) < 4.78 is 23.2. The molecule has 2 atom stereocenters. The maximum Gasteiger partial charge on any atom is 0.253 e. The standard InChI is InChI=1S/C15H20ClNO4S/c1-22(20,21)11-5-6-13(16)12(9-11)15(19)17-14-4-2-3-10(14)7-8-18/h5-6,9-10,14,18H,2-4,7-8H2,1H3,(H,17,19)/t10-,14-/m0/s1. The lowest BCUT2D eigenvalue weighted by Gasteiger charge is -2.20. The van der Waals surface area contributed by atoms with Crippen LogP contribution in [0, 0.1) is 5.92 Å². The van der Waals surface area contributed by atoms with Gasteiger partial charge in [0, 0.05) is 18.9 Å². The molecule has 1 fully saturated rings. The smallest absolute Gasteiger partial charge is 0.253 e. The highest BCUT2D eigenvalue weighted by Crippen LogP contribution is 2.29. The van der Waals surface area contributed by atoms with Gasteiger partial charge < -0.3 is 10.4 Å². The zero-order chi connectivity index (χ0) is 16.3. The van der Waals surface area contributed by atoms with Crippen LogP contribution in [0.1, 0.15) is 36.0 Å². The highest BCUT2D eigenvalue weighted by atomic mass is 35.5. The van der Waals surface area contributed by atoms with Crippen LogP contribution in [0.5, 0.6) is 0 Å². The number of aliphatic hydroxyl groups excluding tert-OH is 1. The second kappa shape index (κ2) is 6.98. The third-order valence-corrected chi connectivity index (χ3v) is 5.53. The van der Waals surface area contributed by atoms with Crippen molar-refractivity contribution in [3.05, 3.63) is 28.8 Å². The Kier molecular flexibility index (Phi) is 5.47. The van der Waals surface area contributed by atoms with E-state index in [0.29, 0.717) is 6.42 Å². The first-order valence-corrected chi connectivity index (χ1v) is 9.51. The monoisotopic (exact) mass is 345 g/mol. The summed E-state index contributed by atoms with van der Waals surface area (Å²) in [5, 5.41) is 12.2. The molecule has 122 valence electrons. The number of nitrogens with one attached hydrogen (secondary N) is 1. The topological polar surface area (TPSA) is 83.5 Å². The Balaban J connectivity index is 2.19. The van der Waals surface area contributed by atoms with E-state index < -0.39 is 9.84 Å². The van der Waals surface area contributed by atoms with Gasteiger partial charge in [-0.3, -0.25) is 4.79 Å². The molecular formula is C15H20ClNO4S. The van der Waals surface area contributed by atoms with Crippen LogP contribution < -0.4 is 5.32 Å². The SMILES string of the molecule is CS(=O)(=O)c1ccc(Cl)c(C(=O)N[C@H]2CCC[C@H]2CCO)c1. The van der Waals surface area contributed by atoms with Gasteiger partial charge in [0.05, 0.1) is 15.5 Å². The average Bonchev–Trinajstić information content (AvgIpc) is 2.85. The van der Waals surface area contributed by atoms with Gasteiger partial charge in [0.2, 0.25) is 0 Å². The summed E-state index contributed by atoms with van der Waals surface area (Å²) >= 11 is 6.03. The number of sulfone groups is 1. The molecule has 2 N–H and O–H groups in total. The summed E-state index contributed by atoms with van der Waals surface area (Å²) in [4.78, 5) is 12.5. The number of halogens is 1. The minimum Gasteiger partial charge on any atom is -0.396 e. The Morgan fingerprint density at radius 3 is 2.77 bits per heavy atom. The number of hydrogen-bond donors (Lipinski definition) is 2. The van der Waals surface area contributed by atoms with Crippen molar-refractivity contribution in [2.75, 3.05) is 12.9 Å². The fourth-order valence-electron chi connectivity index (χ4n) is 2.89. The molecule has 0 aromatic heterocycles. The summed E-state index contributed by atoms with van der Waals surface area (Å²) in [6.07, 6.45) is 4.59. The van der Waals surface area contributed by atoms with Crippen LogP contribution in [0.3, 0.4) is 0 Å². The van der Waals surface area contributed by atoms with Crippen molar-refractivity contribution in [1.29, 1.82) is 0 Å². The van der Waals surface area contributed by atoms with Gasteiger partial charge in [-0.2, -0.15) is 0 Å². The number of amides is 1. The number of aliphatic hydroxyl groups is 1. The lowest BCUT2D eigenvalue weighted by atomic mass is 9.99. The van der Waals surface area contributed by atoms with E-state index in [9.17, 15) is 13.2 Å². The predicted molar refractivity (Wildman–Crippen MR) is 84.9 cm³/mol. The van der Waals surface area contributed by atoms with Gasteiger partial charge in [-0.15, -0.1) is 0 Å². The van der Waals surface area contributed by atoms with E-state index >= 15 is 0 Å². The molecule has 5 nitrogen and oxygen atoms in total. The number of hydrogen-bond acceptors (Lipinski definition) is 4. The quantitative estimate of drug-likeness (QED) is 0.855. The second-order valence-electron chi connectivity index (χ2n) is 5.70. The van der Waals surface area contributed by atoms with Gasteiger partial charge in [0.15, 0.2) is 9.84 Å². The molecular weight excluding hydrogens is 326 g/mol.